The van der Waals surface area contributed by atoms with E-state index in [9.17, 15) is 0 Å². The van der Waals surface area contributed by atoms with E-state index in [4.69, 9.17) is 0 Å². The molecule has 0 rings (SSSR count). The fourth-order valence-corrected chi connectivity index (χ4v) is 2.41. The summed E-state index contributed by atoms with van der Waals surface area (Å²) in [4.78, 5) is 0. The molecular weight excluding hydrogens is 188 g/mol. The van der Waals surface area contributed by atoms with Crippen LogP contribution in [0, 0.1) is 13.8 Å². The van der Waals surface area contributed by atoms with E-state index in [0.29, 0.717) is 0 Å². The first-order valence-corrected chi connectivity index (χ1v) is 7.23. The Morgan fingerprint density at radius 3 is 1.71 bits per heavy atom. The van der Waals surface area contributed by atoms with Crippen LogP contribution >= 0.6 is 11.8 Å². The molecule has 0 aromatic heterocycles. The number of hydrogen-bond donors (Lipinski definition) is 0. The third-order valence-corrected chi connectivity index (χ3v) is 3.48. The molecule has 0 heterocycles. The molecule has 0 fully saturated rings. The first-order chi connectivity index (χ1) is 6.91. The van der Waals surface area contributed by atoms with E-state index in [2.05, 4.69) is 25.6 Å². The summed E-state index contributed by atoms with van der Waals surface area (Å²) in [5, 5.41) is 0. The summed E-state index contributed by atoms with van der Waals surface area (Å²) in [7, 11) is 0. The molecule has 0 atom stereocenters. The molecule has 0 spiro atoms. The highest BCUT2D eigenvalue weighted by molar-refractivity contribution is 7.99. The molecule has 14 heavy (non-hydrogen) atoms. The van der Waals surface area contributed by atoms with Crippen LogP contribution < -0.4 is 0 Å². The molecule has 0 saturated heterocycles. The normalized spacial score (nSPS) is 10.7. The summed E-state index contributed by atoms with van der Waals surface area (Å²) >= 11 is 2.10. The third kappa shape index (κ3) is 12.3. The van der Waals surface area contributed by atoms with Gasteiger partial charge in [-0.1, -0.05) is 58.8 Å². The van der Waals surface area contributed by atoms with Gasteiger partial charge < -0.3 is 0 Å². The summed E-state index contributed by atoms with van der Waals surface area (Å²) < 4.78 is 0. The fourth-order valence-electron chi connectivity index (χ4n) is 1.39. The molecule has 2 radical (unpaired) electrons. The summed E-state index contributed by atoms with van der Waals surface area (Å²) in [6.45, 7) is 7.70. The monoisotopic (exact) mass is 214 g/mol. The Morgan fingerprint density at radius 1 is 0.571 bits per heavy atom. The molecule has 0 aliphatic rings. The standard InChI is InChI=1S/C13H26S/c1-3-5-7-8-9-10-11-13-14-12-6-4-2/h1-13H2. The quantitative estimate of drug-likeness (QED) is 0.441. The lowest BCUT2D eigenvalue weighted by Gasteiger charge is -2.01. The molecular formula is C13H26S. The Labute approximate surface area is 95.2 Å². The third-order valence-electron chi connectivity index (χ3n) is 2.33. The maximum absolute atomic E-state index is 3.85. The highest BCUT2D eigenvalue weighted by atomic mass is 32.2. The Kier molecular flexibility index (Phi) is 13.7. The van der Waals surface area contributed by atoms with Crippen LogP contribution in [0.3, 0.4) is 0 Å². The molecule has 0 aliphatic heterocycles. The Hall–Kier alpha value is 0.350. The molecule has 0 aromatic rings. The molecule has 84 valence electrons. The highest BCUT2D eigenvalue weighted by Crippen LogP contribution is 2.11. The number of hydrogen-bond acceptors (Lipinski definition) is 1. The minimum atomic E-state index is 1.10. The zero-order valence-corrected chi connectivity index (χ0v) is 10.4. The second-order valence-electron chi connectivity index (χ2n) is 3.79. The number of rotatable bonds is 11. The summed E-state index contributed by atoms with van der Waals surface area (Å²) in [5.41, 5.74) is 0. The van der Waals surface area contributed by atoms with Gasteiger partial charge in [-0.2, -0.15) is 11.8 Å². The topological polar surface area (TPSA) is 0 Å². The van der Waals surface area contributed by atoms with Crippen LogP contribution in [0.1, 0.15) is 57.8 Å². The molecule has 0 saturated carbocycles. The van der Waals surface area contributed by atoms with Crippen molar-refractivity contribution in [3.8, 4) is 0 Å². The van der Waals surface area contributed by atoms with Crippen molar-refractivity contribution in [2.24, 2.45) is 0 Å². The van der Waals surface area contributed by atoms with Gasteiger partial charge in [0.05, 0.1) is 0 Å². The van der Waals surface area contributed by atoms with Gasteiger partial charge >= 0.3 is 0 Å². The molecule has 0 unspecified atom stereocenters. The average Bonchev–Trinajstić information content (AvgIpc) is 2.21. The second kappa shape index (κ2) is 13.4. The zero-order valence-electron chi connectivity index (χ0n) is 9.60. The van der Waals surface area contributed by atoms with Crippen molar-refractivity contribution >= 4 is 11.8 Å². The molecule has 0 amide bonds. The van der Waals surface area contributed by atoms with Crippen LogP contribution in [0.15, 0.2) is 0 Å². The van der Waals surface area contributed by atoms with Crippen LogP contribution in [0.2, 0.25) is 0 Å². The SMILES string of the molecule is [CH2]CCCCCCCCSCCC[CH2]. The van der Waals surface area contributed by atoms with Gasteiger partial charge in [0.15, 0.2) is 0 Å². The van der Waals surface area contributed by atoms with Crippen molar-refractivity contribution in [3.63, 3.8) is 0 Å². The first-order valence-electron chi connectivity index (χ1n) is 6.08. The first kappa shape index (κ1) is 14.3. The summed E-state index contributed by atoms with van der Waals surface area (Å²) in [6, 6.07) is 0. The maximum Gasteiger partial charge on any atom is -0.00675 e. The highest BCUT2D eigenvalue weighted by Gasteiger charge is 1.91. The molecule has 0 nitrogen and oxygen atoms in total. The smallest absolute Gasteiger partial charge is 0.00675 e. The van der Waals surface area contributed by atoms with Crippen molar-refractivity contribution in [1.29, 1.82) is 0 Å². The van der Waals surface area contributed by atoms with Crippen molar-refractivity contribution in [3.05, 3.63) is 13.8 Å². The van der Waals surface area contributed by atoms with Crippen LogP contribution in [0.4, 0.5) is 0 Å². The van der Waals surface area contributed by atoms with Gasteiger partial charge in [0.2, 0.25) is 0 Å². The Bertz CT molecular complexity index is 79.2. The van der Waals surface area contributed by atoms with Gasteiger partial charge in [0.25, 0.3) is 0 Å². The lowest BCUT2D eigenvalue weighted by molar-refractivity contribution is 0.612. The maximum atomic E-state index is 3.85. The lowest BCUT2D eigenvalue weighted by atomic mass is 10.1. The average molecular weight is 214 g/mol. The second-order valence-corrected chi connectivity index (χ2v) is 5.02. The van der Waals surface area contributed by atoms with E-state index in [1.807, 2.05) is 0 Å². The van der Waals surface area contributed by atoms with E-state index in [1.165, 1.54) is 56.5 Å². The van der Waals surface area contributed by atoms with E-state index >= 15 is 0 Å². The van der Waals surface area contributed by atoms with Gasteiger partial charge in [-0.3, -0.25) is 0 Å². The van der Waals surface area contributed by atoms with Crippen LogP contribution in [-0.4, -0.2) is 11.5 Å². The minimum Gasteiger partial charge on any atom is -0.162 e. The van der Waals surface area contributed by atoms with Gasteiger partial charge in [0, 0.05) is 0 Å². The van der Waals surface area contributed by atoms with E-state index in [0.717, 1.165) is 12.8 Å². The molecule has 1 heteroatoms. The predicted octanol–water partition coefficient (Wildman–Crippen LogP) is 4.90. The van der Waals surface area contributed by atoms with Gasteiger partial charge in [-0.25, -0.2) is 0 Å². The van der Waals surface area contributed by atoms with Crippen molar-refractivity contribution in [2.75, 3.05) is 11.5 Å². The minimum absolute atomic E-state index is 1.10. The fraction of sp³-hybridized carbons (Fsp3) is 0.846. The van der Waals surface area contributed by atoms with Crippen LogP contribution in [-0.2, 0) is 0 Å². The van der Waals surface area contributed by atoms with Crippen LogP contribution in [0.25, 0.3) is 0 Å². The molecule has 0 aliphatic carbocycles. The van der Waals surface area contributed by atoms with Crippen molar-refractivity contribution in [2.45, 2.75) is 57.8 Å². The van der Waals surface area contributed by atoms with E-state index in [-0.39, 0.29) is 0 Å². The largest absolute Gasteiger partial charge is 0.162 e. The van der Waals surface area contributed by atoms with E-state index < -0.39 is 0 Å². The molecule has 0 aromatic carbocycles. The Balaban J connectivity index is 2.78. The predicted molar refractivity (Wildman–Crippen MR) is 69.6 cm³/mol. The number of unbranched alkanes of at least 4 members (excludes halogenated alkanes) is 7. The molecule has 0 N–H and O–H groups in total. The molecule has 0 bridgehead atoms. The van der Waals surface area contributed by atoms with Gasteiger partial charge in [-0.15, -0.1) is 0 Å². The van der Waals surface area contributed by atoms with Crippen LogP contribution in [0.5, 0.6) is 0 Å². The number of thioether (sulfide) groups is 1. The van der Waals surface area contributed by atoms with Gasteiger partial charge in [0.1, 0.15) is 0 Å². The lowest BCUT2D eigenvalue weighted by Crippen LogP contribution is -1.85. The van der Waals surface area contributed by atoms with E-state index in [1.54, 1.807) is 0 Å². The zero-order chi connectivity index (χ0) is 10.5. The Morgan fingerprint density at radius 2 is 1.07 bits per heavy atom. The van der Waals surface area contributed by atoms with Crippen molar-refractivity contribution < 1.29 is 0 Å². The summed E-state index contributed by atoms with van der Waals surface area (Å²) in [6.07, 6.45) is 11.9. The van der Waals surface area contributed by atoms with Gasteiger partial charge in [-0.05, 0) is 24.3 Å². The summed E-state index contributed by atoms with van der Waals surface area (Å²) in [5.74, 6) is 2.67. The van der Waals surface area contributed by atoms with Crippen molar-refractivity contribution in [1.82, 2.24) is 0 Å².